The van der Waals surface area contributed by atoms with Gasteiger partial charge in [-0.15, -0.1) is 11.3 Å². The summed E-state index contributed by atoms with van der Waals surface area (Å²) in [5.41, 5.74) is 0.791. The van der Waals surface area contributed by atoms with Gasteiger partial charge >= 0.3 is 0 Å². The van der Waals surface area contributed by atoms with Gasteiger partial charge in [-0.1, -0.05) is 35.8 Å². The quantitative estimate of drug-likeness (QED) is 0.633. The molecule has 1 amide bonds. The van der Waals surface area contributed by atoms with E-state index in [9.17, 15) is 13.2 Å². The Hall–Kier alpha value is -1.42. The van der Waals surface area contributed by atoms with Crippen LogP contribution in [0, 0.1) is 5.92 Å². The van der Waals surface area contributed by atoms with E-state index in [4.69, 9.17) is 4.74 Å². The summed E-state index contributed by atoms with van der Waals surface area (Å²) in [5.74, 6) is 0.0464. The van der Waals surface area contributed by atoms with Gasteiger partial charge in [0, 0.05) is 16.6 Å². The molecule has 142 valence electrons. The highest BCUT2D eigenvalue weighted by Gasteiger charge is 2.28. The maximum absolute atomic E-state index is 12.6. The number of halogens is 1. The number of carbonyl (C=O) groups is 1. The second-order valence-corrected chi connectivity index (χ2v) is 9.75. The van der Waals surface area contributed by atoms with Crippen molar-refractivity contribution in [3.05, 3.63) is 45.7 Å². The molecule has 1 heterocycles. The molecule has 1 aromatic carbocycles. The molecular weight excluding hydrogens is 440 g/mol. The van der Waals surface area contributed by atoms with Crippen LogP contribution in [-0.2, 0) is 21.4 Å². The van der Waals surface area contributed by atoms with Gasteiger partial charge in [0.15, 0.2) is 0 Å². The summed E-state index contributed by atoms with van der Waals surface area (Å²) >= 11 is 4.50. The van der Waals surface area contributed by atoms with E-state index in [1.54, 1.807) is 38.5 Å². The van der Waals surface area contributed by atoms with Crippen molar-refractivity contribution < 1.29 is 17.9 Å². The van der Waals surface area contributed by atoms with E-state index >= 15 is 0 Å². The van der Waals surface area contributed by atoms with Crippen LogP contribution in [0.4, 0.5) is 0 Å². The Labute approximate surface area is 166 Å². The predicted octanol–water partition coefficient (Wildman–Crippen LogP) is 3.14. The summed E-state index contributed by atoms with van der Waals surface area (Å²) in [6.45, 7) is 3.81. The Morgan fingerprint density at radius 2 is 2.04 bits per heavy atom. The zero-order chi connectivity index (χ0) is 19.3. The third kappa shape index (κ3) is 5.29. The molecule has 0 aliphatic carbocycles. The van der Waals surface area contributed by atoms with Crippen LogP contribution in [0.25, 0.3) is 0 Å². The number of sulfonamides is 1. The van der Waals surface area contributed by atoms with Crippen LogP contribution in [0.2, 0.25) is 0 Å². The van der Waals surface area contributed by atoms with Gasteiger partial charge in [0.25, 0.3) is 10.0 Å². The second kappa shape index (κ2) is 8.98. The van der Waals surface area contributed by atoms with Crippen molar-refractivity contribution >= 4 is 43.2 Å². The topological polar surface area (TPSA) is 84.5 Å². The Balaban J connectivity index is 2.11. The minimum atomic E-state index is -3.73. The first-order valence-corrected chi connectivity index (χ1v) is 11.1. The summed E-state index contributed by atoms with van der Waals surface area (Å²) in [5, 5.41) is 4.47. The van der Waals surface area contributed by atoms with E-state index in [-0.39, 0.29) is 22.6 Å². The van der Waals surface area contributed by atoms with Gasteiger partial charge < -0.3 is 10.1 Å². The molecule has 2 aromatic rings. The molecule has 6 nitrogen and oxygen atoms in total. The van der Waals surface area contributed by atoms with E-state index in [2.05, 4.69) is 26.0 Å². The molecule has 0 unspecified atom stereocenters. The largest absolute Gasteiger partial charge is 0.496 e. The van der Waals surface area contributed by atoms with Gasteiger partial charge in [0.2, 0.25) is 5.91 Å². The van der Waals surface area contributed by atoms with Gasteiger partial charge in [-0.25, -0.2) is 8.42 Å². The minimum absolute atomic E-state index is 0.185. The lowest BCUT2D eigenvalue weighted by molar-refractivity contribution is -0.123. The van der Waals surface area contributed by atoms with E-state index in [1.165, 1.54) is 6.07 Å². The molecule has 0 spiro atoms. The molecule has 26 heavy (non-hydrogen) atoms. The highest BCUT2D eigenvalue weighted by molar-refractivity contribution is 9.10. The molecule has 0 fully saturated rings. The SMILES string of the molecule is COc1ccc(Br)cc1CNC(=O)[C@@H](NS(=O)(=O)c1cccs1)C(C)C. The van der Waals surface area contributed by atoms with Gasteiger partial charge in [-0.05, 0) is 35.6 Å². The van der Waals surface area contributed by atoms with Gasteiger partial charge in [0.1, 0.15) is 16.0 Å². The third-order valence-electron chi connectivity index (χ3n) is 3.69. The number of nitrogens with one attached hydrogen (secondary N) is 2. The zero-order valence-electron chi connectivity index (χ0n) is 14.7. The zero-order valence-corrected chi connectivity index (χ0v) is 17.9. The molecule has 9 heteroatoms. The summed E-state index contributed by atoms with van der Waals surface area (Å²) in [7, 11) is -2.18. The maximum atomic E-state index is 12.6. The van der Waals surface area contributed by atoms with E-state index in [0.29, 0.717) is 5.75 Å². The molecule has 2 rings (SSSR count). The number of benzene rings is 1. The lowest BCUT2D eigenvalue weighted by atomic mass is 10.0. The number of hydrogen-bond acceptors (Lipinski definition) is 5. The smallest absolute Gasteiger partial charge is 0.250 e. The monoisotopic (exact) mass is 460 g/mol. The van der Waals surface area contributed by atoms with Crippen molar-refractivity contribution in [3.8, 4) is 5.75 Å². The summed E-state index contributed by atoms with van der Waals surface area (Å²) in [6, 6.07) is 7.78. The van der Waals surface area contributed by atoms with Crippen molar-refractivity contribution in [2.75, 3.05) is 7.11 Å². The summed E-state index contributed by atoms with van der Waals surface area (Å²) in [4.78, 5) is 12.6. The number of amides is 1. The summed E-state index contributed by atoms with van der Waals surface area (Å²) < 4.78 is 33.7. The predicted molar refractivity (Wildman–Crippen MR) is 106 cm³/mol. The van der Waals surface area contributed by atoms with Crippen LogP contribution in [0.15, 0.2) is 44.4 Å². The average Bonchev–Trinajstić information content (AvgIpc) is 3.13. The number of methoxy groups -OCH3 is 1. The fourth-order valence-corrected chi connectivity index (χ4v) is 5.07. The molecule has 1 aromatic heterocycles. The normalized spacial score (nSPS) is 12.8. The van der Waals surface area contributed by atoms with Gasteiger partial charge in [0.05, 0.1) is 7.11 Å². The lowest BCUT2D eigenvalue weighted by Crippen LogP contribution is -2.49. The fraction of sp³-hybridized carbons (Fsp3) is 0.353. The van der Waals surface area contributed by atoms with Crippen LogP contribution in [0.5, 0.6) is 5.75 Å². The molecule has 0 saturated heterocycles. The van der Waals surface area contributed by atoms with Crippen LogP contribution < -0.4 is 14.8 Å². The Bertz CT molecular complexity index is 852. The van der Waals surface area contributed by atoms with Crippen LogP contribution in [0.1, 0.15) is 19.4 Å². The van der Waals surface area contributed by atoms with Gasteiger partial charge in [-0.2, -0.15) is 4.72 Å². The van der Waals surface area contributed by atoms with Crippen molar-refractivity contribution in [2.45, 2.75) is 30.6 Å². The molecular formula is C17H21BrN2O4S2. The van der Waals surface area contributed by atoms with Crippen LogP contribution in [-0.4, -0.2) is 27.5 Å². The number of thiophene rings is 1. The molecule has 0 aliphatic heterocycles. The number of hydrogen-bond donors (Lipinski definition) is 2. The highest BCUT2D eigenvalue weighted by atomic mass is 79.9. The maximum Gasteiger partial charge on any atom is 0.250 e. The van der Waals surface area contributed by atoms with E-state index in [0.717, 1.165) is 21.4 Å². The standard InChI is InChI=1S/C17H21BrN2O4S2/c1-11(2)16(20-26(22,23)15-5-4-8-25-15)17(21)19-10-12-9-13(18)6-7-14(12)24-3/h4-9,11,16,20H,10H2,1-3H3,(H,19,21)/t16-/m0/s1. The molecule has 1 atom stereocenters. The summed E-state index contributed by atoms with van der Waals surface area (Å²) in [6.07, 6.45) is 0. The number of rotatable bonds is 8. The lowest BCUT2D eigenvalue weighted by Gasteiger charge is -2.21. The number of carbonyl (C=O) groups excluding carboxylic acids is 1. The average molecular weight is 461 g/mol. The van der Waals surface area contributed by atoms with Crippen LogP contribution in [0.3, 0.4) is 0 Å². The van der Waals surface area contributed by atoms with E-state index in [1.807, 2.05) is 12.1 Å². The Morgan fingerprint density at radius 3 is 2.62 bits per heavy atom. The van der Waals surface area contributed by atoms with Gasteiger partial charge in [-0.3, -0.25) is 4.79 Å². The molecule has 0 aliphatic rings. The van der Waals surface area contributed by atoms with Crippen LogP contribution >= 0.6 is 27.3 Å². The highest BCUT2D eigenvalue weighted by Crippen LogP contribution is 2.23. The van der Waals surface area contributed by atoms with E-state index < -0.39 is 16.1 Å². The minimum Gasteiger partial charge on any atom is -0.496 e. The first-order valence-electron chi connectivity index (χ1n) is 7.90. The number of ether oxygens (including phenoxy) is 1. The Kier molecular flexibility index (Phi) is 7.22. The van der Waals surface area contributed by atoms with Crippen molar-refractivity contribution in [1.29, 1.82) is 0 Å². The molecule has 2 N–H and O–H groups in total. The molecule has 0 saturated carbocycles. The Morgan fingerprint density at radius 1 is 1.31 bits per heavy atom. The fourth-order valence-electron chi connectivity index (χ4n) is 2.31. The second-order valence-electron chi connectivity index (χ2n) is 5.95. The van der Waals surface area contributed by atoms with Crippen molar-refractivity contribution in [3.63, 3.8) is 0 Å². The first-order chi connectivity index (χ1) is 12.2. The molecule has 0 bridgehead atoms. The first kappa shape index (κ1) is 20.9. The third-order valence-corrected chi connectivity index (χ3v) is 7.02. The van der Waals surface area contributed by atoms with Crippen molar-refractivity contribution in [2.24, 2.45) is 5.92 Å². The van der Waals surface area contributed by atoms with Crippen molar-refractivity contribution in [1.82, 2.24) is 10.0 Å². The molecule has 0 radical (unpaired) electrons.